The fraction of sp³-hybridized carbons (Fsp3) is 0.333. The maximum atomic E-state index is 13.7. The number of halogens is 1. The van der Waals surface area contributed by atoms with Gasteiger partial charge < -0.3 is 0 Å². The van der Waals surface area contributed by atoms with Crippen molar-refractivity contribution in [3.05, 3.63) is 95.8 Å². The summed E-state index contributed by atoms with van der Waals surface area (Å²) in [6.07, 6.45) is 4.49. The van der Waals surface area contributed by atoms with Crippen LogP contribution in [0.3, 0.4) is 0 Å². The molecule has 0 aromatic heterocycles. The quantitative estimate of drug-likeness (QED) is 0.383. The van der Waals surface area contributed by atoms with E-state index in [4.69, 9.17) is 0 Å². The Morgan fingerprint density at radius 1 is 0.694 bits per heavy atom. The number of rotatable bonds is 9. The van der Waals surface area contributed by atoms with Crippen molar-refractivity contribution in [1.82, 2.24) is 8.61 Å². The zero-order valence-corrected chi connectivity index (χ0v) is 21.9. The summed E-state index contributed by atoms with van der Waals surface area (Å²) in [4.78, 5) is 0.0717. The number of hydrogen-bond donors (Lipinski definition) is 0. The Balaban J connectivity index is 1.59. The van der Waals surface area contributed by atoms with Gasteiger partial charge in [0.2, 0.25) is 20.0 Å². The zero-order chi connectivity index (χ0) is 25.8. The lowest BCUT2D eigenvalue weighted by Crippen LogP contribution is -2.40. The van der Waals surface area contributed by atoms with Gasteiger partial charge in [-0.15, -0.1) is 0 Å². The lowest BCUT2D eigenvalue weighted by molar-refractivity contribution is 0.247. The van der Waals surface area contributed by atoms with Crippen LogP contribution in [0.2, 0.25) is 0 Å². The first-order valence-electron chi connectivity index (χ1n) is 12.0. The van der Waals surface area contributed by atoms with Crippen LogP contribution in [0.1, 0.15) is 43.2 Å². The van der Waals surface area contributed by atoms with Crippen molar-refractivity contribution >= 4 is 20.0 Å². The van der Waals surface area contributed by atoms with Gasteiger partial charge in [0.1, 0.15) is 5.82 Å². The predicted octanol–water partition coefficient (Wildman–Crippen LogP) is 5.17. The molecule has 3 aromatic carbocycles. The van der Waals surface area contributed by atoms with Gasteiger partial charge in [0, 0.05) is 26.2 Å². The lowest BCUT2D eigenvalue weighted by atomic mass is 9.95. The number of nitrogens with zero attached hydrogens (tertiary/aromatic N) is 2. The minimum absolute atomic E-state index is 0.0302. The molecule has 0 amide bonds. The number of sulfonamides is 2. The van der Waals surface area contributed by atoms with E-state index in [-0.39, 0.29) is 34.7 Å². The van der Waals surface area contributed by atoms with Gasteiger partial charge in [0.15, 0.2) is 0 Å². The Labute approximate surface area is 213 Å². The van der Waals surface area contributed by atoms with Gasteiger partial charge >= 0.3 is 0 Å². The van der Waals surface area contributed by atoms with Crippen molar-refractivity contribution in [2.24, 2.45) is 0 Å². The van der Waals surface area contributed by atoms with Crippen molar-refractivity contribution in [3.63, 3.8) is 0 Å². The molecule has 0 radical (unpaired) electrons. The molecule has 0 unspecified atom stereocenters. The van der Waals surface area contributed by atoms with Crippen LogP contribution in [-0.4, -0.2) is 38.5 Å². The lowest BCUT2D eigenvalue weighted by Gasteiger charge is -2.33. The summed E-state index contributed by atoms with van der Waals surface area (Å²) in [6, 6.07) is 20.4. The zero-order valence-electron chi connectivity index (χ0n) is 20.3. The van der Waals surface area contributed by atoms with Crippen molar-refractivity contribution in [3.8, 4) is 0 Å². The second kappa shape index (κ2) is 11.2. The third kappa shape index (κ3) is 6.03. The summed E-state index contributed by atoms with van der Waals surface area (Å²) < 4.78 is 69.8. The molecule has 0 atom stereocenters. The summed E-state index contributed by atoms with van der Waals surface area (Å²) in [6.45, 7) is 0.337. The van der Waals surface area contributed by atoms with Gasteiger partial charge in [-0.25, -0.2) is 21.2 Å². The molecule has 0 spiro atoms. The first-order chi connectivity index (χ1) is 17.2. The normalized spacial score (nSPS) is 15.4. The highest BCUT2D eigenvalue weighted by molar-refractivity contribution is 7.89. The topological polar surface area (TPSA) is 74.8 Å². The monoisotopic (exact) mass is 530 g/mol. The van der Waals surface area contributed by atoms with Crippen molar-refractivity contribution in [1.29, 1.82) is 0 Å². The van der Waals surface area contributed by atoms with E-state index < -0.39 is 20.0 Å². The van der Waals surface area contributed by atoms with E-state index in [1.54, 1.807) is 12.1 Å². The maximum Gasteiger partial charge on any atom is 0.243 e. The Morgan fingerprint density at radius 2 is 1.22 bits per heavy atom. The van der Waals surface area contributed by atoms with Crippen LogP contribution in [0.5, 0.6) is 0 Å². The van der Waals surface area contributed by atoms with Crippen molar-refractivity contribution in [2.45, 2.75) is 61.0 Å². The first-order valence-corrected chi connectivity index (χ1v) is 14.9. The SMILES string of the molecule is CN(Cc1ccccc1)S(=O)(=O)c1ccc(S(=O)(=O)N(Cc2ccc(F)cc2)C2CCCCC2)cc1. The molecular weight excluding hydrogens is 499 g/mol. The van der Waals surface area contributed by atoms with Crippen LogP contribution in [-0.2, 0) is 33.1 Å². The van der Waals surface area contributed by atoms with E-state index in [2.05, 4.69) is 0 Å². The summed E-state index contributed by atoms with van der Waals surface area (Å²) in [5.41, 5.74) is 1.55. The molecule has 1 saturated carbocycles. The van der Waals surface area contributed by atoms with Crippen molar-refractivity contribution < 1.29 is 21.2 Å². The molecule has 0 saturated heterocycles. The molecule has 4 rings (SSSR count). The summed E-state index contributed by atoms with van der Waals surface area (Å²) in [7, 11) is -6.21. The van der Waals surface area contributed by atoms with Crippen LogP contribution in [0.15, 0.2) is 88.7 Å². The molecule has 36 heavy (non-hydrogen) atoms. The van der Waals surface area contributed by atoms with Crippen LogP contribution >= 0.6 is 0 Å². The van der Waals surface area contributed by atoms with Crippen molar-refractivity contribution in [2.75, 3.05) is 7.05 Å². The average Bonchev–Trinajstić information content (AvgIpc) is 2.89. The van der Waals surface area contributed by atoms with E-state index in [1.807, 2.05) is 30.3 Å². The Kier molecular flexibility index (Phi) is 8.24. The van der Waals surface area contributed by atoms with E-state index in [0.29, 0.717) is 5.56 Å². The minimum atomic E-state index is -3.91. The fourth-order valence-electron chi connectivity index (χ4n) is 4.57. The predicted molar refractivity (Wildman–Crippen MR) is 138 cm³/mol. The molecule has 0 heterocycles. The van der Waals surface area contributed by atoms with E-state index in [1.165, 1.54) is 52.1 Å². The fourth-order valence-corrected chi connectivity index (χ4v) is 7.41. The molecule has 0 bridgehead atoms. The molecule has 192 valence electrons. The van der Waals surface area contributed by atoms with Crippen LogP contribution in [0, 0.1) is 5.82 Å². The molecule has 9 heteroatoms. The molecule has 3 aromatic rings. The van der Waals surface area contributed by atoms with Gasteiger partial charge in [-0.1, -0.05) is 61.7 Å². The Bertz CT molecular complexity index is 1360. The molecule has 6 nitrogen and oxygen atoms in total. The van der Waals surface area contributed by atoms with Crippen LogP contribution < -0.4 is 0 Å². The highest BCUT2D eigenvalue weighted by Crippen LogP contribution is 2.30. The standard InChI is InChI=1S/C27H31FN2O4S2/c1-29(20-22-8-4-2-5-9-22)35(31,32)26-16-18-27(19-17-26)36(33,34)30(25-10-6-3-7-11-25)21-23-12-14-24(28)15-13-23/h2,4-5,8-9,12-19,25H,3,6-7,10-11,20-21H2,1H3. The third-order valence-electron chi connectivity index (χ3n) is 6.62. The van der Waals surface area contributed by atoms with Gasteiger partial charge in [-0.3, -0.25) is 0 Å². The molecule has 0 aliphatic heterocycles. The van der Waals surface area contributed by atoms with Crippen LogP contribution in [0.4, 0.5) is 4.39 Å². The van der Waals surface area contributed by atoms with Gasteiger partial charge in [0.25, 0.3) is 0 Å². The van der Waals surface area contributed by atoms with E-state index >= 15 is 0 Å². The second-order valence-corrected chi connectivity index (χ2v) is 13.1. The number of hydrogen-bond acceptors (Lipinski definition) is 4. The molecular formula is C27H31FN2O4S2. The molecule has 1 aliphatic carbocycles. The van der Waals surface area contributed by atoms with Gasteiger partial charge in [-0.05, 0) is 60.4 Å². The highest BCUT2D eigenvalue weighted by Gasteiger charge is 2.33. The third-order valence-corrected chi connectivity index (χ3v) is 10.4. The minimum Gasteiger partial charge on any atom is -0.207 e. The maximum absolute atomic E-state index is 13.7. The smallest absolute Gasteiger partial charge is 0.207 e. The van der Waals surface area contributed by atoms with Gasteiger partial charge in [-0.2, -0.15) is 8.61 Å². The Hall–Kier alpha value is -2.59. The molecule has 0 N–H and O–H groups in total. The Morgan fingerprint density at radius 3 is 1.81 bits per heavy atom. The van der Waals surface area contributed by atoms with E-state index in [9.17, 15) is 21.2 Å². The highest BCUT2D eigenvalue weighted by atomic mass is 32.2. The number of benzene rings is 3. The van der Waals surface area contributed by atoms with Gasteiger partial charge in [0.05, 0.1) is 9.79 Å². The van der Waals surface area contributed by atoms with Crippen LogP contribution in [0.25, 0.3) is 0 Å². The molecule has 1 fully saturated rings. The average molecular weight is 531 g/mol. The summed E-state index contributed by atoms with van der Waals surface area (Å²) in [5, 5.41) is 0. The van der Waals surface area contributed by atoms with E-state index in [0.717, 1.165) is 37.7 Å². The largest absolute Gasteiger partial charge is 0.243 e. The summed E-state index contributed by atoms with van der Waals surface area (Å²) in [5.74, 6) is -0.375. The summed E-state index contributed by atoms with van der Waals surface area (Å²) >= 11 is 0. The second-order valence-electron chi connectivity index (χ2n) is 9.19. The molecule has 1 aliphatic rings. The first kappa shape index (κ1) is 26.5.